The molecule has 0 bridgehead atoms. The predicted octanol–water partition coefficient (Wildman–Crippen LogP) is 0.966. The number of piperidine rings is 1. The summed E-state index contributed by atoms with van der Waals surface area (Å²) in [6, 6.07) is 0. The van der Waals surface area contributed by atoms with Gasteiger partial charge in [-0.15, -0.1) is 0 Å². The van der Waals surface area contributed by atoms with Crippen molar-refractivity contribution in [3.05, 3.63) is 0 Å². The molecule has 15 heavy (non-hydrogen) atoms. The van der Waals surface area contributed by atoms with Gasteiger partial charge in [0.2, 0.25) is 5.91 Å². The van der Waals surface area contributed by atoms with E-state index in [0.29, 0.717) is 31.8 Å². The highest BCUT2D eigenvalue weighted by atomic mass is 16.4. The van der Waals surface area contributed by atoms with Crippen molar-refractivity contribution in [3.63, 3.8) is 0 Å². The molecule has 0 spiro atoms. The van der Waals surface area contributed by atoms with Crippen LogP contribution in [-0.4, -0.2) is 35.0 Å². The molecule has 2 aliphatic rings. The van der Waals surface area contributed by atoms with Gasteiger partial charge in [0.25, 0.3) is 0 Å². The van der Waals surface area contributed by atoms with E-state index in [1.165, 1.54) is 0 Å². The molecule has 1 amide bonds. The van der Waals surface area contributed by atoms with Crippen molar-refractivity contribution in [2.24, 2.45) is 17.8 Å². The number of hydrogen-bond acceptors (Lipinski definition) is 2. The molecule has 2 fully saturated rings. The number of carboxylic acids is 1. The summed E-state index contributed by atoms with van der Waals surface area (Å²) in [5, 5.41) is 8.82. The molecule has 1 saturated carbocycles. The van der Waals surface area contributed by atoms with Crippen LogP contribution < -0.4 is 0 Å². The van der Waals surface area contributed by atoms with Crippen LogP contribution in [0.1, 0.15) is 26.2 Å². The maximum absolute atomic E-state index is 11.8. The Hall–Kier alpha value is -1.06. The second kappa shape index (κ2) is 3.83. The molecule has 1 N–H and O–H groups in total. The fourth-order valence-electron chi connectivity index (χ4n) is 2.25. The van der Waals surface area contributed by atoms with E-state index in [9.17, 15) is 9.59 Å². The second-order valence-corrected chi connectivity index (χ2v) is 4.76. The van der Waals surface area contributed by atoms with Crippen LogP contribution in [0.4, 0.5) is 0 Å². The molecule has 4 nitrogen and oxygen atoms in total. The van der Waals surface area contributed by atoms with Gasteiger partial charge in [-0.05, 0) is 25.2 Å². The quantitative estimate of drug-likeness (QED) is 0.740. The fraction of sp³-hybridized carbons (Fsp3) is 0.818. The SMILES string of the molecule is CC1CC1C(=O)N1CCC(C(=O)O)CC1. The van der Waals surface area contributed by atoms with Gasteiger partial charge in [-0.2, -0.15) is 0 Å². The highest BCUT2D eigenvalue weighted by Gasteiger charge is 2.42. The lowest BCUT2D eigenvalue weighted by molar-refractivity contribution is -0.146. The standard InChI is InChI=1S/C11H17NO3/c1-7-6-9(7)10(13)12-4-2-8(3-5-12)11(14)15/h7-9H,2-6H2,1H3,(H,14,15). The largest absolute Gasteiger partial charge is 0.481 e. The lowest BCUT2D eigenvalue weighted by Crippen LogP contribution is -2.41. The van der Waals surface area contributed by atoms with E-state index in [-0.39, 0.29) is 17.7 Å². The maximum Gasteiger partial charge on any atom is 0.306 e. The minimum Gasteiger partial charge on any atom is -0.481 e. The molecule has 0 aromatic carbocycles. The van der Waals surface area contributed by atoms with Crippen LogP contribution in [0, 0.1) is 17.8 Å². The highest BCUT2D eigenvalue weighted by molar-refractivity contribution is 5.82. The molecule has 1 aliphatic carbocycles. The number of likely N-dealkylation sites (tertiary alicyclic amines) is 1. The number of carbonyl (C=O) groups excluding carboxylic acids is 1. The first kappa shape index (κ1) is 10.5. The van der Waals surface area contributed by atoms with Gasteiger partial charge in [-0.3, -0.25) is 9.59 Å². The third kappa shape index (κ3) is 2.13. The van der Waals surface area contributed by atoms with Crippen LogP contribution in [0.3, 0.4) is 0 Å². The maximum atomic E-state index is 11.8. The molecule has 1 saturated heterocycles. The van der Waals surface area contributed by atoms with Crippen molar-refractivity contribution < 1.29 is 14.7 Å². The van der Waals surface area contributed by atoms with Crippen molar-refractivity contribution in [1.82, 2.24) is 4.90 Å². The molecular weight excluding hydrogens is 194 g/mol. The monoisotopic (exact) mass is 211 g/mol. The summed E-state index contributed by atoms with van der Waals surface area (Å²) < 4.78 is 0. The average Bonchev–Trinajstić information content (AvgIpc) is 2.94. The first-order valence-electron chi connectivity index (χ1n) is 5.61. The van der Waals surface area contributed by atoms with Crippen LogP contribution in [0.5, 0.6) is 0 Å². The molecule has 2 atom stereocenters. The predicted molar refractivity (Wildman–Crippen MR) is 54.2 cm³/mol. The summed E-state index contributed by atoms with van der Waals surface area (Å²) in [5.74, 6) is 0.0416. The van der Waals surface area contributed by atoms with Crippen molar-refractivity contribution >= 4 is 11.9 Å². The molecule has 2 rings (SSSR count). The Morgan fingerprint density at radius 3 is 2.20 bits per heavy atom. The summed E-state index contributed by atoms with van der Waals surface area (Å²) in [5.41, 5.74) is 0. The van der Waals surface area contributed by atoms with Crippen LogP contribution in [0.25, 0.3) is 0 Å². The Labute approximate surface area is 89.3 Å². The van der Waals surface area contributed by atoms with E-state index in [1.807, 2.05) is 4.90 Å². The smallest absolute Gasteiger partial charge is 0.306 e. The van der Waals surface area contributed by atoms with Crippen LogP contribution in [0.2, 0.25) is 0 Å². The van der Waals surface area contributed by atoms with Crippen molar-refractivity contribution in [2.75, 3.05) is 13.1 Å². The third-order valence-electron chi connectivity index (χ3n) is 3.58. The van der Waals surface area contributed by atoms with Crippen LogP contribution in [-0.2, 0) is 9.59 Å². The topological polar surface area (TPSA) is 57.6 Å². The molecule has 0 aromatic heterocycles. The Bertz CT molecular complexity index is 282. The third-order valence-corrected chi connectivity index (χ3v) is 3.58. The van der Waals surface area contributed by atoms with E-state index >= 15 is 0 Å². The van der Waals surface area contributed by atoms with Gasteiger partial charge in [0, 0.05) is 19.0 Å². The number of nitrogens with zero attached hydrogens (tertiary/aromatic N) is 1. The Morgan fingerprint density at radius 1 is 1.27 bits per heavy atom. The Balaban J connectivity index is 1.83. The number of carboxylic acid groups (broad SMARTS) is 1. The lowest BCUT2D eigenvalue weighted by Gasteiger charge is -2.30. The van der Waals surface area contributed by atoms with E-state index in [1.54, 1.807) is 0 Å². The minimum atomic E-state index is -0.720. The Kier molecular flexibility index (Phi) is 2.67. The summed E-state index contributed by atoms with van der Waals surface area (Å²) in [6.45, 7) is 3.34. The first-order chi connectivity index (χ1) is 7.09. The van der Waals surface area contributed by atoms with E-state index in [2.05, 4.69) is 6.92 Å². The number of rotatable bonds is 2. The van der Waals surface area contributed by atoms with Crippen LogP contribution >= 0.6 is 0 Å². The first-order valence-corrected chi connectivity index (χ1v) is 5.61. The number of carbonyl (C=O) groups is 2. The molecule has 1 heterocycles. The molecular formula is C11H17NO3. The van der Waals surface area contributed by atoms with Gasteiger partial charge < -0.3 is 10.0 Å². The zero-order chi connectivity index (χ0) is 11.0. The summed E-state index contributed by atoms with van der Waals surface area (Å²) in [7, 11) is 0. The molecule has 0 radical (unpaired) electrons. The summed E-state index contributed by atoms with van der Waals surface area (Å²) in [4.78, 5) is 24.4. The van der Waals surface area contributed by atoms with Crippen molar-refractivity contribution in [2.45, 2.75) is 26.2 Å². The number of hydrogen-bond donors (Lipinski definition) is 1. The molecule has 84 valence electrons. The molecule has 2 unspecified atom stereocenters. The van der Waals surface area contributed by atoms with Crippen molar-refractivity contribution in [3.8, 4) is 0 Å². The highest BCUT2D eigenvalue weighted by Crippen LogP contribution is 2.39. The number of aliphatic carboxylic acids is 1. The van der Waals surface area contributed by atoms with Gasteiger partial charge in [-0.1, -0.05) is 6.92 Å². The minimum absolute atomic E-state index is 0.228. The molecule has 1 aliphatic heterocycles. The molecule has 4 heteroatoms. The van der Waals surface area contributed by atoms with Gasteiger partial charge in [0.1, 0.15) is 0 Å². The van der Waals surface area contributed by atoms with E-state index in [4.69, 9.17) is 5.11 Å². The normalized spacial score (nSPS) is 31.4. The van der Waals surface area contributed by atoms with Crippen LogP contribution in [0.15, 0.2) is 0 Å². The zero-order valence-corrected chi connectivity index (χ0v) is 8.98. The van der Waals surface area contributed by atoms with Gasteiger partial charge >= 0.3 is 5.97 Å². The van der Waals surface area contributed by atoms with E-state index in [0.717, 1.165) is 6.42 Å². The zero-order valence-electron chi connectivity index (χ0n) is 8.98. The Morgan fingerprint density at radius 2 is 1.80 bits per heavy atom. The average molecular weight is 211 g/mol. The molecule has 0 aromatic rings. The second-order valence-electron chi connectivity index (χ2n) is 4.76. The summed E-state index contributed by atoms with van der Waals surface area (Å²) >= 11 is 0. The van der Waals surface area contributed by atoms with Crippen molar-refractivity contribution in [1.29, 1.82) is 0 Å². The lowest BCUT2D eigenvalue weighted by atomic mass is 9.97. The summed E-state index contributed by atoms with van der Waals surface area (Å²) in [6.07, 6.45) is 2.24. The van der Waals surface area contributed by atoms with Gasteiger partial charge in [0.05, 0.1) is 5.92 Å². The number of amides is 1. The van der Waals surface area contributed by atoms with Gasteiger partial charge in [-0.25, -0.2) is 0 Å². The fourth-order valence-corrected chi connectivity index (χ4v) is 2.25. The van der Waals surface area contributed by atoms with E-state index < -0.39 is 5.97 Å². The van der Waals surface area contributed by atoms with Gasteiger partial charge in [0.15, 0.2) is 0 Å².